The number of aromatic amines is 1. The molecule has 0 saturated carbocycles. The summed E-state index contributed by atoms with van der Waals surface area (Å²) in [6.45, 7) is 0.0241. The topological polar surface area (TPSA) is 54.0 Å². The van der Waals surface area contributed by atoms with E-state index in [2.05, 4.69) is 32.2 Å². The summed E-state index contributed by atoms with van der Waals surface area (Å²) in [5.41, 5.74) is 3.04. The molecule has 0 atom stereocenters. The maximum Gasteiger partial charge on any atom is 0.228 e. The summed E-state index contributed by atoms with van der Waals surface area (Å²) in [5, 5.41) is 7.25. The fourth-order valence-corrected chi connectivity index (χ4v) is 2.47. The molecular weight excluding hydrogens is 343 g/mol. The number of alkyl halides is 1. The molecule has 0 radical (unpaired) electrons. The van der Waals surface area contributed by atoms with E-state index in [1.807, 2.05) is 38.4 Å². The van der Waals surface area contributed by atoms with Crippen LogP contribution in [0, 0.1) is 0 Å². The van der Waals surface area contributed by atoms with Crippen LogP contribution in [-0.4, -0.2) is 41.0 Å². The molecule has 3 aromatic rings. The Kier molecular flexibility index (Phi) is 6.50. The van der Waals surface area contributed by atoms with Crippen molar-refractivity contribution in [3.63, 3.8) is 0 Å². The number of benzene rings is 2. The van der Waals surface area contributed by atoms with Crippen molar-refractivity contribution >= 4 is 12.4 Å². The molecule has 7 heteroatoms. The quantitative estimate of drug-likeness (QED) is 0.722. The van der Waals surface area contributed by atoms with Crippen molar-refractivity contribution in [1.82, 2.24) is 20.1 Å². The van der Waals surface area contributed by atoms with E-state index in [9.17, 15) is 4.39 Å². The van der Waals surface area contributed by atoms with E-state index in [-0.39, 0.29) is 12.4 Å². The molecule has 25 heavy (non-hydrogen) atoms. The summed E-state index contributed by atoms with van der Waals surface area (Å²) in [6.07, 6.45) is 0. The zero-order valence-corrected chi connectivity index (χ0v) is 14.9. The van der Waals surface area contributed by atoms with Gasteiger partial charge in [0.2, 0.25) is 6.86 Å². The zero-order valence-electron chi connectivity index (χ0n) is 14.1. The van der Waals surface area contributed by atoms with Crippen molar-refractivity contribution < 1.29 is 9.13 Å². The Hall–Kier alpha value is -2.44. The molecule has 132 valence electrons. The first kappa shape index (κ1) is 18.9. The summed E-state index contributed by atoms with van der Waals surface area (Å²) in [7, 11) is 4.07. The normalized spacial score (nSPS) is 10.6. The van der Waals surface area contributed by atoms with Crippen LogP contribution in [0.25, 0.3) is 22.8 Å². The SMILES string of the molecule is CN(C)Cc1cccc(-c2n[nH]c(-c3ccc(OCF)cc3)n2)c1.Cl. The van der Waals surface area contributed by atoms with Crippen molar-refractivity contribution in [3.05, 3.63) is 54.1 Å². The smallest absolute Gasteiger partial charge is 0.228 e. The first-order chi connectivity index (χ1) is 11.7. The van der Waals surface area contributed by atoms with Gasteiger partial charge in [0.1, 0.15) is 5.75 Å². The molecule has 0 spiro atoms. The van der Waals surface area contributed by atoms with Crippen molar-refractivity contribution in [3.8, 4) is 28.5 Å². The van der Waals surface area contributed by atoms with Gasteiger partial charge in [-0.15, -0.1) is 12.4 Å². The molecule has 0 saturated heterocycles. The molecule has 0 amide bonds. The van der Waals surface area contributed by atoms with Gasteiger partial charge in [-0.05, 0) is 50.0 Å². The summed E-state index contributed by atoms with van der Waals surface area (Å²) < 4.78 is 17.0. The highest BCUT2D eigenvalue weighted by Gasteiger charge is 2.09. The van der Waals surface area contributed by atoms with E-state index in [4.69, 9.17) is 4.74 Å². The number of ether oxygens (including phenoxy) is 1. The molecule has 3 rings (SSSR count). The molecule has 0 aliphatic carbocycles. The third-order valence-electron chi connectivity index (χ3n) is 3.52. The van der Waals surface area contributed by atoms with Crippen LogP contribution in [0.5, 0.6) is 5.75 Å². The molecular formula is C18H20ClFN4O. The van der Waals surface area contributed by atoms with Crippen LogP contribution < -0.4 is 4.74 Å². The van der Waals surface area contributed by atoms with Crippen LogP contribution in [0.4, 0.5) is 4.39 Å². The molecule has 2 aromatic carbocycles. The Morgan fingerprint density at radius 2 is 1.84 bits per heavy atom. The fraction of sp³-hybridized carbons (Fsp3) is 0.222. The highest BCUT2D eigenvalue weighted by Crippen LogP contribution is 2.23. The largest absolute Gasteiger partial charge is 0.463 e. The van der Waals surface area contributed by atoms with Gasteiger partial charge in [0.15, 0.2) is 11.6 Å². The Labute approximate surface area is 152 Å². The van der Waals surface area contributed by atoms with Crippen LogP contribution in [-0.2, 0) is 6.54 Å². The third-order valence-corrected chi connectivity index (χ3v) is 3.52. The molecule has 1 heterocycles. The molecule has 1 aromatic heterocycles. The number of halogens is 2. The maximum atomic E-state index is 12.2. The van der Waals surface area contributed by atoms with Crippen LogP contribution in [0.15, 0.2) is 48.5 Å². The lowest BCUT2D eigenvalue weighted by Gasteiger charge is -2.09. The van der Waals surface area contributed by atoms with Gasteiger partial charge in [-0.2, -0.15) is 5.10 Å². The molecule has 0 aliphatic heterocycles. The highest BCUT2D eigenvalue weighted by atomic mass is 35.5. The van der Waals surface area contributed by atoms with E-state index in [1.165, 1.54) is 5.56 Å². The average Bonchev–Trinajstić information content (AvgIpc) is 3.05. The van der Waals surface area contributed by atoms with E-state index in [0.717, 1.165) is 17.7 Å². The molecule has 1 N–H and O–H groups in total. The lowest BCUT2D eigenvalue weighted by Crippen LogP contribution is -2.10. The lowest BCUT2D eigenvalue weighted by atomic mass is 10.1. The van der Waals surface area contributed by atoms with Crippen LogP contribution in [0.2, 0.25) is 0 Å². The van der Waals surface area contributed by atoms with Crippen molar-refractivity contribution in [2.24, 2.45) is 0 Å². The van der Waals surface area contributed by atoms with Gasteiger partial charge in [0.25, 0.3) is 0 Å². The second kappa shape index (κ2) is 8.60. The van der Waals surface area contributed by atoms with Gasteiger partial charge < -0.3 is 9.64 Å². The van der Waals surface area contributed by atoms with Gasteiger partial charge in [0.05, 0.1) is 0 Å². The predicted octanol–water partition coefficient (Wildman–Crippen LogP) is 3.93. The Balaban J connectivity index is 0.00000225. The minimum atomic E-state index is -0.838. The lowest BCUT2D eigenvalue weighted by molar-refractivity contribution is 0.192. The van der Waals surface area contributed by atoms with E-state index in [0.29, 0.717) is 17.4 Å². The number of nitrogens with zero attached hydrogens (tertiary/aromatic N) is 3. The summed E-state index contributed by atoms with van der Waals surface area (Å²) in [5.74, 6) is 1.79. The zero-order chi connectivity index (χ0) is 16.9. The van der Waals surface area contributed by atoms with Gasteiger partial charge in [-0.1, -0.05) is 18.2 Å². The predicted molar refractivity (Wildman–Crippen MR) is 98.5 cm³/mol. The van der Waals surface area contributed by atoms with Gasteiger partial charge in [-0.25, -0.2) is 9.37 Å². The van der Waals surface area contributed by atoms with Crippen molar-refractivity contribution in [1.29, 1.82) is 0 Å². The van der Waals surface area contributed by atoms with Crippen molar-refractivity contribution in [2.75, 3.05) is 21.0 Å². The van der Waals surface area contributed by atoms with Crippen LogP contribution >= 0.6 is 12.4 Å². The van der Waals surface area contributed by atoms with Crippen LogP contribution in [0.1, 0.15) is 5.56 Å². The second-order valence-corrected chi connectivity index (χ2v) is 5.72. The standard InChI is InChI=1S/C18H19FN4O.ClH/c1-23(2)11-13-4-3-5-15(10-13)18-20-17(21-22-18)14-6-8-16(9-7-14)24-12-19;/h3-10H,11-12H2,1-2H3,(H,20,21,22);1H. The molecule has 5 nitrogen and oxygen atoms in total. The van der Waals surface area contributed by atoms with E-state index < -0.39 is 6.86 Å². The Morgan fingerprint density at radius 1 is 1.08 bits per heavy atom. The minimum absolute atomic E-state index is 0. The highest BCUT2D eigenvalue weighted by molar-refractivity contribution is 5.85. The summed E-state index contributed by atoms with van der Waals surface area (Å²) in [4.78, 5) is 6.67. The number of nitrogens with one attached hydrogen (secondary N) is 1. The van der Waals surface area contributed by atoms with Crippen LogP contribution in [0.3, 0.4) is 0 Å². The minimum Gasteiger partial charge on any atom is -0.463 e. The molecule has 0 aliphatic rings. The Bertz CT molecular complexity index is 805. The number of hydrogen-bond acceptors (Lipinski definition) is 4. The van der Waals surface area contributed by atoms with Crippen molar-refractivity contribution in [2.45, 2.75) is 6.54 Å². The Morgan fingerprint density at radius 3 is 2.52 bits per heavy atom. The van der Waals surface area contributed by atoms with E-state index in [1.54, 1.807) is 12.1 Å². The maximum absolute atomic E-state index is 12.2. The second-order valence-electron chi connectivity index (χ2n) is 5.72. The van der Waals surface area contributed by atoms with Gasteiger partial charge in [-0.3, -0.25) is 5.10 Å². The first-order valence-electron chi connectivity index (χ1n) is 7.61. The number of hydrogen-bond donors (Lipinski definition) is 1. The third kappa shape index (κ3) is 4.78. The fourth-order valence-electron chi connectivity index (χ4n) is 2.47. The van der Waals surface area contributed by atoms with Gasteiger partial charge >= 0.3 is 0 Å². The van der Waals surface area contributed by atoms with Gasteiger partial charge in [0, 0.05) is 17.7 Å². The number of H-pyrrole nitrogens is 1. The molecule has 0 unspecified atom stereocenters. The van der Waals surface area contributed by atoms with E-state index >= 15 is 0 Å². The monoisotopic (exact) mass is 362 g/mol. The molecule has 0 fully saturated rings. The summed E-state index contributed by atoms with van der Waals surface area (Å²) in [6, 6.07) is 15.2. The average molecular weight is 363 g/mol. The molecule has 0 bridgehead atoms. The number of aromatic nitrogens is 3. The number of rotatable bonds is 6. The first-order valence-corrected chi connectivity index (χ1v) is 7.61. The summed E-state index contributed by atoms with van der Waals surface area (Å²) >= 11 is 0.